The van der Waals surface area contributed by atoms with Crippen molar-refractivity contribution >= 4 is 10.0 Å². The molecule has 108 valence electrons. The number of benzene rings is 1. The highest BCUT2D eigenvalue weighted by Crippen LogP contribution is 2.17. The standard InChI is InChI=1S/C13H21NO4S/c1-11(10-18-3)14(2)19(16,17)13-6-4-12(5-7-13)8-9-15/h4-7,11,15H,8-10H2,1-3H3. The Bertz CT molecular complexity index is 484. The third-order valence-electron chi connectivity index (χ3n) is 3.03. The van der Waals surface area contributed by atoms with Gasteiger partial charge in [0.2, 0.25) is 10.0 Å². The number of ether oxygens (including phenoxy) is 1. The van der Waals surface area contributed by atoms with Crippen LogP contribution in [0, 0.1) is 0 Å². The van der Waals surface area contributed by atoms with Gasteiger partial charge in [0, 0.05) is 26.8 Å². The van der Waals surface area contributed by atoms with Gasteiger partial charge in [-0.2, -0.15) is 4.31 Å². The second-order valence-electron chi connectivity index (χ2n) is 4.44. The van der Waals surface area contributed by atoms with Crippen molar-refractivity contribution in [3.8, 4) is 0 Å². The van der Waals surface area contributed by atoms with Gasteiger partial charge in [0.15, 0.2) is 0 Å². The fourth-order valence-electron chi connectivity index (χ4n) is 1.71. The number of nitrogens with zero attached hydrogens (tertiary/aromatic N) is 1. The zero-order chi connectivity index (χ0) is 14.5. The molecule has 0 aliphatic carbocycles. The summed E-state index contributed by atoms with van der Waals surface area (Å²) >= 11 is 0. The molecule has 1 atom stereocenters. The average Bonchev–Trinajstić information content (AvgIpc) is 2.39. The summed E-state index contributed by atoms with van der Waals surface area (Å²) in [5, 5.41) is 8.83. The van der Waals surface area contributed by atoms with E-state index in [0.717, 1.165) is 5.56 Å². The SMILES string of the molecule is COCC(C)N(C)S(=O)(=O)c1ccc(CCO)cc1. The third-order valence-corrected chi connectivity index (χ3v) is 5.02. The Kier molecular flexibility index (Phi) is 5.93. The molecule has 1 aromatic carbocycles. The van der Waals surface area contributed by atoms with Gasteiger partial charge in [-0.25, -0.2) is 8.42 Å². The fourth-order valence-corrected chi connectivity index (χ4v) is 3.05. The molecule has 0 bridgehead atoms. The van der Waals surface area contributed by atoms with Crippen LogP contribution in [0.2, 0.25) is 0 Å². The molecule has 0 spiro atoms. The first-order valence-corrected chi connectivity index (χ1v) is 7.54. The molecule has 0 heterocycles. The number of aliphatic hydroxyl groups excluding tert-OH is 1. The predicted molar refractivity (Wildman–Crippen MR) is 73.5 cm³/mol. The predicted octanol–water partition coefficient (Wildman–Crippen LogP) is 0.877. The van der Waals surface area contributed by atoms with Crippen LogP contribution in [0.5, 0.6) is 0 Å². The summed E-state index contributed by atoms with van der Waals surface area (Å²) < 4.78 is 31.0. The highest BCUT2D eigenvalue weighted by atomic mass is 32.2. The summed E-state index contributed by atoms with van der Waals surface area (Å²) in [5.41, 5.74) is 0.911. The van der Waals surface area contributed by atoms with Crippen LogP contribution in [0.25, 0.3) is 0 Å². The number of hydrogen-bond acceptors (Lipinski definition) is 4. The van der Waals surface area contributed by atoms with Gasteiger partial charge < -0.3 is 9.84 Å². The summed E-state index contributed by atoms with van der Waals surface area (Å²) in [5.74, 6) is 0. The van der Waals surface area contributed by atoms with E-state index in [4.69, 9.17) is 9.84 Å². The van der Waals surface area contributed by atoms with E-state index in [9.17, 15) is 8.42 Å². The molecule has 0 amide bonds. The first-order valence-electron chi connectivity index (χ1n) is 6.10. The largest absolute Gasteiger partial charge is 0.396 e. The van der Waals surface area contributed by atoms with Gasteiger partial charge in [-0.05, 0) is 31.0 Å². The topological polar surface area (TPSA) is 66.8 Å². The molecule has 1 N–H and O–H groups in total. The van der Waals surface area contributed by atoms with E-state index in [0.29, 0.717) is 13.0 Å². The smallest absolute Gasteiger partial charge is 0.243 e. The van der Waals surface area contributed by atoms with Crippen LogP contribution in [0.3, 0.4) is 0 Å². The van der Waals surface area contributed by atoms with Crippen molar-refractivity contribution < 1.29 is 18.3 Å². The molecule has 5 nitrogen and oxygen atoms in total. The molecule has 0 saturated carbocycles. The summed E-state index contributed by atoms with van der Waals surface area (Å²) in [4.78, 5) is 0.250. The zero-order valence-electron chi connectivity index (χ0n) is 11.5. The van der Waals surface area contributed by atoms with E-state index in [2.05, 4.69) is 0 Å². The van der Waals surface area contributed by atoms with Gasteiger partial charge in [0.05, 0.1) is 11.5 Å². The monoisotopic (exact) mass is 287 g/mol. The van der Waals surface area contributed by atoms with Gasteiger partial charge >= 0.3 is 0 Å². The molecule has 0 radical (unpaired) electrons. The maximum Gasteiger partial charge on any atom is 0.243 e. The third kappa shape index (κ3) is 4.01. The van der Waals surface area contributed by atoms with Crippen LogP contribution in [-0.4, -0.2) is 51.2 Å². The van der Waals surface area contributed by atoms with E-state index < -0.39 is 10.0 Å². The van der Waals surface area contributed by atoms with Gasteiger partial charge in [0.1, 0.15) is 0 Å². The van der Waals surface area contributed by atoms with Crippen molar-refractivity contribution in [2.75, 3.05) is 27.4 Å². The Morgan fingerprint density at radius 2 is 1.89 bits per heavy atom. The number of hydrogen-bond donors (Lipinski definition) is 1. The molecule has 0 aliphatic rings. The van der Waals surface area contributed by atoms with Crippen LogP contribution < -0.4 is 0 Å². The van der Waals surface area contributed by atoms with E-state index in [1.807, 2.05) is 0 Å². The number of methoxy groups -OCH3 is 1. The van der Waals surface area contributed by atoms with Crippen molar-refractivity contribution in [2.45, 2.75) is 24.3 Å². The minimum absolute atomic E-state index is 0.0525. The highest BCUT2D eigenvalue weighted by molar-refractivity contribution is 7.89. The first-order chi connectivity index (χ1) is 8.93. The summed E-state index contributed by atoms with van der Waals surface area (Å²) in [6, 6.07) is 6.34. The van der Waals surface area contributed by atoms with E-state index >= 15 is 0 Å². The summed E-state index contributed by atoms with van der Waals surface area (Å²) in [6.45, 7) is 2.19. The molecule has 1 unspecified atom stereocenters. The fraction of sp³-hybridized carbons (Fsp3) is 0.538. The lowest BCUT2D eigenvalue weighted by molar-refractivity contribution is 0.149. The second kappa shape index (κ2) is 7.00. The Morgan fingerprint density at radius 1 is 1.32 bits per heavy atom. The minimum atomic E-state index is -3.50. The number of rotatable bonds is 7. The molecule has 0 fully saturated rings. The lowest BCUT2D eigenvalue weighted by atomic mass is 10.2. The van der Waals surface area contributed by atoms with Crippen LogP contribution >= 0.6 is 0 Å². The molecular weight excluding hydrogens is 266 g/mol. The molecule has 1 rings (SSSR count). The van der Waals surface area contributed by atoms with E-state index in [1.54, 1.807) is 45.3 Å². The van der Waals surface area contributed by atoms with Gasteiger partial charge in [0.25, 0.3) is 0 Å². The average molecular weight is 287 g/mol. The minimum Gasteiger partial charge on any atom is -0.396 e. The first kappa shape index (κ1) is 16.1. The van der Waals surface area contributed by atoms with Crippen molar-refractivity contribution in [3.05, 3.63) is 29.8 Å². The normalized spacial score (nSPS) is 13.7. The Labute approximate surface area is 114 Å². The van der Waals surface area contributed by atoms with E-state index in [1.165, 1.54) is 4.31 Å². The van der Waals surface area contributed by atoms with Gasteiger partial charge in [-0.1, -0.05) is 12.1 Å². The molecular formula is C13H21NO4S. The second-order valence-corrected chi connectivity index (χ2v) is 6.44. The molecule has 0 saturated heterocycles. The van der Waals surface area contributed by atoms with Crippen molar-refractivity contribution in [1.82, 2.24) is 4.31 Å². The Hall–Kier alpha value is -0.950. The van der Waals surface area contributed by atoms with Crippen LogP contribution in [0.4, 0.5) is 0 Å². The Morgan fingerprint density at radius 3 is 2.37 bits per heavy atom. The maximum absolute atomic E-state index is 12.3. The molecule has 0 aliphatic heterocycles. The lowest BCUT2D eigenvalue weighted by Crippen LogP contribution is -2.37. The van der Waals surface area contributed by atoms with Crippen molar-refractivity contribution in [3.63, 3.8) is 0 Å². The number of aliphatic hydroxyl groups is 1. The molecule has 0 aromatic heterocycles. The highest BCUT2D eigenvalue weighted by Gasteiger charge is 2.25. The van der Waals surface area contributed by atoms with E-state index in [-0.39, 0.29) is 17.5 Å². The van der Waals surface area contributed by atoms with Crippen LogP contribution in [0.1, 0.15) is 12.5 Å². The van der Waals surface area contributed by atoms with Crippen molar-refractivity contribution in [1.29, 1.82) is 0 Å². The summed E-state index contributed by atoms with van der Waals surface area (Å²) in [7, 11) is -0.417. The molecule has 1 aromatic rings. The quantitative estimate of drug-likeness (QED) is 0.808. The van der Waals surface area contributed by atoms with Crippen LogP contribution in [0.15, 0.2) is 29.2 Å². The number of likely N-dealkylation sites (N-methyl/N-ethyl adjacent to an activating group) is 1. The summed E-state index contributed by atoms with van der Waals surface area (Å²) in [6.07, 6.45) is 0.524. The van der Waals surface area contributed by atoms with Crippen molar-refractivity contribution in [2.24, 2.45) is 0 Å². The maximum atomic E-state index is 12.3. The van der Waals surface area contributed by atoms with Gasteiger partial charge in [-0.3, -0.25) is 0 Å². The number of sulfonamides is 1. The van der Waals surface area contributed by atoms with Gasteiger partial charge in [-0.15, -0.1) is 0 Å². The zero-order valence-corrected chi connectivity index (χ0v) is 12.4. The molecule has 19 heavy (non-hydrogen) atoms. The lowest BCUT2D eigenvalue weighted by Gasteiger charge is -2.23. The molecule has 6 heteroatoms. The Balaban J connectivity index is 2.93. The van der Waals surface area contributed by atoms with Crippen LogP contribution in [-0.2, 0) is 21.2 Å².